The van der Waals surface area contributed by atoms with E-state index < -0.39 is 0 Å². The zero-order valence-electron chi connectivity index (χ0n) is 14.5. The molecule has 1 saturated carbocycles. The summed E-state index contributed by atoms with van der Waals surface area (Å²) in [6.07, 6.45) is 4.64. The number of fused-ring (bicyclic) bond motifs is 1. The van der Waals surface area contributed by atoms with Gasteiger partial charge >= 0.3 is 0 Å². The minimum Gasteiger partial charge on any atom is -0.353 e. The van der Waals surface area contributed by atoms with E-state index in [4.69, 9.17) is 9.97 Å². The Kier molecular flexibility index (Phi) is 5.16. The van der Waals surface area contributed by atoms with E-state index in [0.29, 0.717) is 17.6 Å². The van der Waals surface area contributed by atoms with Gasteiger partial charge in [-0.15, -0.1) is 0 Å². The van der Waals surface area contributed by atoms with Crippen molar-refractivity contribution in [3.05, 3.63) is 54.6 Å². The molecule has 0 saturated heterocycles. The van der Waals surface area contributed by atoms with Crippen molar-refractivity contribution in [2.24, 2.45) is 0 Å². The third-order valence-electron chi connectivity index (χ3n) is 4.66. The number of para-hydroxylation sites is 1. The third-order valence-corrected chi connectivity index (χ3v) is 5.65. The first-order valence-electron chi connectivity index (χ1n) is 9.04. The zero-order chi connectivity index (χ0) is 17.8. The van der Waals surface area contributed by atoms with Gasteiger partial charge in [-0.25, -0.2) is 9.97 Å². The van der Waals surface area contributed by atoms with E-state index in [1.54, 1.807) is 0 Å². The second-order valence-electron chi connectivity index (χ2n) is 6.57. The topological polar surface area (TPSA) is 54.9 Å². The Bertz CT molecular complexity index is 908. The van der Waals surface area contributed by atoms with Crippen LogP contribution in [-0.2, 0) is 4.79 Å². The van der Waals surface area contributed by atoms with Crippen LogP contribution in [0.25, 0.3) is 22.3 Å². The third kappa shape index (κ3) is 3.88. The molecule has 1 heterocycles. The van der Waals surface area contributed by atoms with Gasteiger partial charge in [-0.1, -0.05) is 73.1 Å². The fourth-order valence-electron chi connectivity index (χ4n) is 3.35. The van der Waals surface area contributed by atoms with Crippen molar-refractivity contribution in [2.45, 2.75) is 36.8 Å². The molecule has 0 unspecified atom stereocenters. The number of carbonyl (C=O) groups is 1. The average molecular weight is 363 g/mol. The number of aromatic nitrogens is 2. The molecule has 26 heavy (non-hydrogen) atoms. The first-order valence-corrected chi connectivity index (χ1v) is 10.0. The van der Waals surface area contributed by atoms with Crippen LogP contribution >= 0.6 is 11.8 Å². The summed E-state index contributed by atoms with van der Waals surface area (Å²) >= 11 is 1.49. The van der Waals surface area contributed by atoms with Crippen molar-refractivity contribution in [3.8, 4) is 11.4 Å². The van der Waals surface area contributed by atoms with Crippen molar-refractivity contribution >= 4 is 28.6 Å². The minimum absolute atomic E-state index is 0.0888. The number of thioether (sulfide) groups is 1. The Morgan fingerprint density at radius 3 is 2.54 bits per heavy atom. The lowest BCUT2D eigenvalue weighted by Gasteiger charge is -2.12. The highest BCUT2D eigenvalue weighted by Crippen LogP contribution is 2.28. The molecule has 0 atom stereocenters. The lowest BCUT2D eigenvalue weighted by Crippen LogP contribution is -2.33. The van der Waals surface area contributed by atoms with Gasteiger partial charge in [0.15, 0.2) is 5.82 Å². The summed E-state index contributed by atoms with van der Waals surface area (Å²) in [5.74, 6) is 1.17. The first-order chi connectivity index (χ1) is 12.8. The lowest BCUT2D eigenvalue weighted by atomic mass is 10.2. The number of nitrogens with zero attached hydrogens (tertiary/aromatic N) is 2. The van der Waals surface area contributed by atoms with Crippen LogP contribution in [0.2, 0.25) is 0 Å². The van der Waals surface area contributed by atoms with E-state index in [1.807, 2.05) is 54.6 Å². The molecular formula is C21H21N3OS. The summed E-state index contributed by atoms with van der Waals surface area (Å²) in [7, 11) is 0. The minimum atomic E-state index is 0.0888. The van der Waals surface area contributed by atoms with Gasteiger partial charge in [0.2, 0.25) is 5.91 Å². The van der Waals surface area contributed by atoms with Crippen molar-refractivity contribution in [2.75, 3.05) is 5.75 Å². The van der Waals surface area contributed by atoms with Gasteiger partial charge in [0.05, 0.1) is 11.3 Å². The Labute approximate surface area is 157 Å². The fraction of sp³-hybridized carbons (Fsp3) is 0.286. The van der Waals surface area contributed by atoms with Crippen molar-refractivity contribution < 1.29 is 4.79 Å². The molecule has 0 radical (unpaired) electrons. The number of hydrogen-bond donors (Lipinski definition) is 1. The van der Waals surface area contributed by atoms with Crippen LogP contribution in [0, 0.1) is 0 Å². The standard InChI is InChI=1S/C21H21N3OS/c25-19(22-16-10-4-5-11-16)14-26-21-17-12-6-7-13-18(17)23-20(24-21)15-8-2-1-3-9-15/h1-3,6-9,12-13,16H,4-5,10-11,14H2,(H,22,25). The van der Waals surface area contributed by atoms with E-state index in [2.05, 4.69) is 5.32 Å². The summed E-state index contributed by atoms with van der Waals surface area (Å²) in [6, 6.07) is 18.3. The maximum atomic E-state index is 12.3. The fourth-order valence-corrected chi connectivity index (χ4v) is 4.18. The van der Waals surface area contributed by atoms with Crippen LogP contribution in [0.4, 0.5) is 0 Å². The highest BCUT2D eigenvalue weighted by Gasteiger charge is 2.18. The summed E-state index contributed by atoms with van der Waals surface area (Å²) in [5.41, 5.74) is 1.88. The molecule has 0 aliphatic heterocycles. The number of carbonyl (C=O) groups excluding carboxylic acids is 1. The lowest BCUT2D eigenvalue weighted by molar-refractivity contribution is -0.119. The summed E-state index contributed by atoms with van der Waals surface area (Å²) < 4.78 is 0. The molecule has 5 heteroatoms. The van der Waals surface area contributed by atoms with Crippen LogP contribution in [0.3, 0.4) is 0 Å². The summed E-state index contributed by atoms with van der Waals surface area (Å²) in [4.78, 5) is 21.7. The normalized spacial score (nSPS) is 14.6. The molecule has 2 aromatic carbocycles. The number of benzene rings is 2. The first kappa shape index (κ1) is 17.0. The van der Waals surface area contributed by atoms with E-state index in [0.717, 1.165) is 34.3 Å². The van der Waals surface area contributed by atoms with Crippen molar-refractivity contribution in [1.29, 1.82) is 0 Å². The van der Waals surface area contributed by atoms with Crippen LogP contribution < -0.4 is 5.32 Å². The number of nitrogens with one attached hydrogen (secondary N) is 1. The largest absolute Gasteiger partial charge is 0.353 e. The maximum absolute atomic E-state index is 12.3. The maximum Gasteiger partial charge on any atom is 0.230 e. The van der Waals surface area contributed by atoms with Gasteiger partial charge in [-0.05, 0) is 18.9 Å². The molecule has 1 N–H and O–H groups in total. The summed E-state index contributed by atoms with van der Waals surface area (Å²) in [6.45, 7) is 0. The van der Waals surface area contributed by atoms with E-state index in [9.17, 15) is 4.79 Å². The van der Waals surface area contributed by atoms with Gasteiger partial charge in [0.25, 0.3) is 0 Å². The Morgan fingerprint density at radius 1 is 1.00 bits per heavy atom. The molecule has 0 bridgehead atoms. The molecule has 0 spiro atoms. The predicted octanol–water partition coefficient (Wildman–Crippen LogP) is 4.45. The molecule has 1 amide bonds. The molecule has 1 aliphatic carbocycles. The van der Waals surface area contributed by atoms with Gasteiger partial charge in [0.1, 0.15) is 5.03 Å². The molecule has 1 aliphatic rings. The quantitative estimate of drug-likeness (QED) is 0.537. The van der Waals surface area contributed by atoms with Crippen LogP contribution in [-0.4, -0.2) is 27.7 Å². The average Bonchev–Trinajstić information content (AvgIpc) is 3.19. The van der Waals surface area contributed by atoms with Crippen molar-refractivity contribution in [1.82, 2.24) is 15.3 Å². The van der Waals surface area contributed by atoms with Crippen LogP contribution in [0.15, 0.2) is 59.6 Å². The van der Waals surface area contributed by atoms with E-state index in [-0.39, 0.29) is 5.91 Å². The Balaban J connectivity index is 1.57. The second-order valence-corrected chi connectivity index (χ2v) is 7.54. The smallest absolute Gasteiger partial charge is 0.230 e. The number of rotatable bonds is 5. The molecular weight excluding hydrogens is 342 g/mol. The molecule has 1 aromatic heterocycles. The predicted molar refractivity (Wildman–Crippen MR) is 106 cm³/mol. The molecule has 132 valence electrons. The Morgan fingerprint density at radius 2 is 1.73 bits per heavy atom. The summed E-state index contributed by atoms with van der Waals surface area (Å²) in [5, 5.41) is 4.99. The van der Waals surface area contributed by atoms with E-state index >= 15 is 0 Å². The highest BCUT2D eigenvalue weighted by atomic mass is 32.2. The van der Waals surface area contributed by atoms with Gasteiger partial charge in [-0.2, -0.15) is 0 Å². The van der Waals surface area contributed by atoms with E-state index in [1.165, 1.54) is 24.6 Å². The van der Waals surface area contributed by atoms with Gasteiger partial charge in [-0.3, -0.25) is 4.79 Å². The monoisotopic (exact) mass is 363 g/mol. The highest BCUT2D eigenvalue weighted by molar-refractivity contribution is 8.00. The van der Waals surface area contributed by atoms with Gasteiger partial charge < -0.3 is 5.32 Å². The second kappa shape index (κ2) is 7.87. The van der Waals surface area contributed by atoms with Crippen LogP contribution in [0.5, 0.6) is 0 Å². The molecule has 1 fully saturated rings. The molecule has 4 rings (SSSR count). The number of amides is 1. The molecule has 4 nitrogen and oxygen atoms in total. The molecule has 3 aromatic rings. The SMILES string of the molecule is O=C(CSc1nc(-c2ccccc2)nc2ccccc12)NC1CCCC1. The van der Waals surface area contributed by atoms with Crippen molar-refractivity contribution in [3.63, 3.8) is 0 Å². The van der Waals surface area contributed by atoms with Crippen LogP contribution in [0.1, 0.15) is 25.7 Å². The zero-order valence-corrected chi connectivity index (χ0v) is 15.3. The van der Waals surface area contributed by atoms with Gasteiger partial charge in [0, 0.05) is 17.0 Å². The number of hydrogen-bond acceptors (Lipinski definition) is 4. The Hall–Kier alpha value is -2.40.